The van der Waals surface area contributed by atoms with Crippen LogP contribution in [0.15, 0.2) is 24.5 Å². The average Bonchev–Trinajstić information content (AvgIpc) is 2.84. The van der Waals surface area contributed by atoms with E-state index in [4.69, 9.17) is 0 Å². The van der Waals surface area contributed by atoms with Crippen LogP contribution in [0.1, 0.15) is 36.0 Å². The minimum Gasteiger partial charge on any atom is -0.336 e. The summed E-state index contributed by atoms with van der Waals surface area (Å²) in [5.74, 6) is 0.134. The zero-order valence-electron chi connectivity index (χ0n) is 9.81. The van der Waals surface area contributed by atoms with Crippen molar-refractivity contribution in [2.45, 2.75) is 31.7 Å². The first-order valence-electron chi connectivity index (χ1n) is 6.10. The molecule has 1 atom stereocenters. The smallest absolute Gasteiger partial charge is 0.255 e. The molecular formula is C13H17BrN2O. The molecule has 3 nitrogen and oxygen atoms in total. The number of carbonyl (C=O) groups is 1. The van der Waals surface area contributed by atoms with Crippen molar-refractivity contribution in [3.63, 3.8) is 0 Å². The van der Waals surface area contributed by atoms with Gasteiger partial charge in [-0.2, -0.15) is 0 Å². The molecule has 0 spiro atoms. The highest BCUT2D eigenvalue weighted by atomic mass is 79.9. The summed E-state index contributed by atoms with van der Waals surface area (Å²) in [7, 11) is 0. The summed E-state index contributed by atoms with van der Waals surface area (Å²) >= 11 is 3.45. The summed E-state index contributed by atoms with van der Waals surface area (Å²) in [4.78, 5) is 18.3. The van der Waals surface area contributed by atoms with Crippen molar-refractivity contribution in [3.8, 4) is 0 Å². The molecule has 92 valence electrons. The Labute approximate surface area is 110 Å². The van der Waals surface area contributed by atoms with Crippen molar-refractivity contribution in [3.05, 3.63) is 30.1 Å². The highest BCUT2D eigenvalue weighted by molar-refractivity contribution is 9.09. The Balaban J connectivity index is 2.03. The van der Waals surface area contributed by atoms with Crippen molar-refractivity contribution in [2.75, 3.05) is 11.9 Å². The molecule has 1 aromatic heterocycles. The molecule has 0 radical (unpaired) electrons. The number of aromatic nitrogens is 1. The predicted octanol–water partition coefficient (Wildman–Crippen LogP) is 2.86. The second kappa shape index (κ2) is 6.15. The van der Waals surface area contributed by atoms with Gasteiger partial charge in [-0.05, 0) is 37.8 Å². The first-order valence-corrected chi connectivity index (χ1v) is 7.22. The van der Waals surface area contributed by atoms with Gasteiger partial charge < -0.3 is 4.90 Å². The van der Waals surface area contributed by atoms with Crippen molar-refractivity contribution in [2.24, 2.45) is 0 Å². The number of carbonyl (C=O) groups excluding carboxylic acids is 1. The van der Waals surface area contributed by atoms with Gasteiger partial charge in [0.2, 0.25) is 0 Å². The molecule has 0 N–H and O–H groups in total. The van der Waals surface area contributed by atoms with Gasteiger partial charge in [-0.3, -0.25) is 9.78 Å². The highest BCUT2D eigenvalue weighted by Gasteiger charge is 2.28. The van der Waals surface area contributed by atoms with Crippen LogP contribution in [0, 0.1) is 0 Å². The number of amides is 1. The number of halogens is 1. The summed E-state index contributed by atoms with van der Waals surface area (Å²) in [6.07, 6.45) is 7.84. The Morgan fingerprint density at radius 3 is 3.18 bits per heavy atom. The Morgan fingerprint density at radius 2 is 2.47 bits per heavy atom. The summed E-state index contributed by atoms with van der Waals surface area (Å²) in [5.41, 5.74) is 0.707. The maximum atomic E-state index is 12.3. The summed E-state index contributed by atoms with van der Waals surface area (Å²) in [6, 6.07) is 4.08. The van der Waals surface area contributed by atoms with Gasteiger partial charge in [0.15, 0.2) is 0 Å². The van der Waals surface area contributed by atoms with Gasteiger partial charge >= 0.3 is 0 Å². The van der Waals surface area contributed by atoms with E-state index in [0.717, 1.165) is 37.6 Å². The monoisotopic (exact) mass is 296 g/mol. The fourth-order valence-corrected chi connectivity index (χ4v) is 2.69. The van der Waals surface area contributed by atoms with E-state index in [0.29, 0.717) is 11.6 Å². The second-order valence-electron chi connectivity index (χ2n) is 4.37. The molecule has 0 saturated carbocycles. The van der Waals surface area contributed by atoms with E-state index in [2.05, 4.69) is 20.9 Å². The van der Waals surface area contributed by atoms with Gasteiger partial charge in [-0.25, -0.2) is 0 Å². The number of hydrogen-bond acceptors (Lipinski definition) is 2. The summed E-state index contributed by atoms with van der Waals surface area (Å²) in [6.45, 7) is 0.890. The van der Waals surface area contributed by atoms with Crippen LogP contribution >= 0.6 is 15.9 Å². The van der Waals surface area contributed by atoms with Gasteiger partial charge in [0.25, 0.3) is 5.91 Å². The highest BCUT2D eigenvalue weighted by Crippen LogP contribution is 2.23. The minimum absolute atomic E-state index is 0.134. The van der Waals surface area contributed by atoms with Crippen molar-refractivity contribution in [1.29, 1.82) is 0 Å². The normalized spacial score (nSPS) is 19.6. The largest absolute Gasteiger partial charge is 0.336 e. The van der Waals surface area contributed by atoms with Gasteiger partial charge in [0.05, 0.1) is 5.56 Å². The van der Waals surface area contributed by atoms with Crippen molar-refractivity contribution in [1.82, 2.24) is 9.88 Å². The van der Waals surface area contributed by atoms with E-state index in [1.165, 1.54) is 0 Å². The zero-order chi connectivity index (χ0) is 12.1. The van der Waals surface area contributed by atoms with Crippen LogP contribution in [-0.4, -0.2) is 33.7 Å². The zero-order valence-corrected chi connectivity index (χ0v) is 11.4. The SMILES string of the molecule is O=C(c1cccnc1)N1CCCC1CCCBr. The number of hydrogen-bond donors (Lipinski definition) is 0. The Morgan fingerprint density at radius 1 is 1.59 bits per heavy atom. The van der Waals surface area contributed by atoms with Crippen LogP contribution in [0.2, 0.25) is 0 Å². The Kier molecular flexibility index (Phi) is 4.54. The maximum Gasteiger partial charge on any atom is 0.255 e. The van der Waals surface area contributed by atoms with E-state index >= 15 is 0 Å². The minimum atomic E-state index is 0.134. The van der Waals surface area contributed by atoms with E-state index < -0.39 is 0 Å². The third-order valence-electron chi connectivity index (χ3n) is 3.22. The molecule has 1 unspecified atom stereocenters. The fourth-order valence-electron chi connectivity index (χ4n) is 2.37. The third-order valence-corrected chi connectivity index (χ3v) is 3.78. The molecule has 0 aliphatic carbocycles. The number of likely N-dealkylation sites (tertiary alicyclic amines) is 1. The number of rotatable bonds is 4. The molecule has 0 bridgehead atoms. The number of nitrogens with zero attached hydrogens (tertiary/aromatic N) is 2. The topological polar surface area (TPSA) is 33.2 Å². The van der Waals surface area contributed by atoms with Crippen LogP contribution < -0.4 is 0 Å². The van der Waals surface area contributed by atoms with Crippen LogP contribution in [0.5, 0.6) is 0 Å². The quantitative estimate of drug-likeness (QED) is 0.801. The Hall–Kier alpha value is -0.900. The molecule has 2 heterocycles. The fraction of sp³-hybridized carbons (Fsp3) is 0.538. The number of pyridine rings is 1. The lowest BCUT2D eigenvalue weighted by molar-refractivity contribution is 0.0730. The van der Waals surface area contributed by atoms with E-state index in [-0.39, 0.29) is 5.91 Å². The van der Waals surface area contributed by atoms with Gasteiger partial charge in [-0.15, -0.1) is 0 Å². The van der Waals surface area contributed by atoms with Crippen LogP contribution in [0.4, 0.5) is 0 Å². The average molecular weight is 297 g/mol. The van der Waals surface area contributed by atoms with Gasteiger partial charge in [0, 0.05) is 30.3 Å². The summed E-state index contributed by atoms with van der Waals surface area (Å²) < 4.78 is 0. The molecule has 17 heavy (non-hydrogen) atoms. The molecule has 1 fully saturated rings. The predicted molar refractivity (Wildman–Crippen MR) is 71.3 cm³/mol. The van der Waals surface area contributed by atoms with Crippen molar-refractivity contribution < 1.29 is 4.79 Å². The van der Waals surface area contributed by atoms with Crippen LogP contribution in [-0.2, 0) is 0 Å². The second-order valence-corrected chi connectivity index (χ2v) is 5.16. The maximum absolute atomic E-state index is 12.3. The lowest BCUT2D eigenvalue weighted by Gasteiger charge is -2.24. The standard InChI is InChI=1S/C13H17BrN2O/c14-7-1-5-12-6-3-9-16(12)13(17)11-4-2-8-15-10-11/h2,4,8,10,12H,1,3,5-7,9H2. The van der Waals surface area contributed by atoms with Crippen LogP contribution in [0.25, 0.3) is 0 Å². The number of alkyl halides is 1. The lowest BCUT2D eigenvalue weighted by Crippen LogP contribution is -2.35. The first kappa shape index (κ1) is 12.6. The molecule has 1 amide bonds. The molecular weight excluding hydrogens is 280 g/mol. The molecule has 1 aliphatic rings. The Bertz CT molecular complexity index is 369. The molecule has 0 aromatic carbocycles. The van der Waals surface area contributed by atoms with E-state index in [1.807, 2.05) is 17.0 Å². The lowest BCUT2D eigenvalue weighted by atomic mass is 10.1. The molecule has 1 aliphatic heterocycles. The molecule has 2 rings (SSSR count). The molecule has 1 aromatic rings. The summed E-state index contributed by atoms with van der Waals surface area (Å²) in [5, 5.41) is 1.01. The van der Waals surface area contributed by atoms with Crippen molar-refractivity contribution >= 4 is 21.8 Å². The van der Waals surface area contributed by atoms with Gasteiger partial charge in [-0.1, -0.05) is 15.9 Å². The van der Waals surface area contributed by atoms with Crippen LogP contribution in [0.3, 0.4) is 0 Å². The first-order chi connectivity index (χ1) is 8.33. The van der Waals surface area contributed by atoms with Gasteiger partial charge in [0.1, 0.15) is 0 Å². The van der Waals surface area contributed by atoms with E-state index in [1.54, 1.807) is 12.4 Å². The molecule has 4 heteroatoms. The van der Waals surface area contributed by atoms with E-state index in [9.17, 15) is 4.79 Å². The molecule has 1 saturated heterocycles. The third kappa shape index (κ3) is 3.06.